The third kappa shape index (κ3) is 5.19. The summed E-state index contributed by atoms with van der Waals surface area (Å²) < 4.78 is 41.0. The summed E-state index contributed by atoms with van der Waals surface area (Å²) in [6.07, 6.45) is 12.1. The molecule has 0 saturated carbocycles. The Hall–Kier alpha value is -3.99. The molecule has 192 valence electrons. The zero-order valence-electron chi connectivity index (χ0n) is 21.2. The molecule has 2 aliphatic rings. The highest BCUT2D eigenvalue weighted by Gasteiger charge is 2.43. The Kier molecular flexibility index (Phi) is 6.78. The van der Waals surface area contributed by atoms with E-state index >= 15 is 0 Å². The minimum atomic E-state index is -4.24. The van der Waals surface area contributed by atoms with Crippen molar-refractivity contribution in [3.05, 3.63) is 99.4 Å². The smallest absolute Gasteiger partial charge is 0.343 e. The number of unbranched alkanes of at least 4 members (excludes halogenated alkanes) is 1. The topological polar surface area (TPSA) is 90.4 Å². The molecule has 2 heterocycles. The monoisotopic (exact) mass is 525 g/mol. The van der Waals surface area contributed by atoms with E-state index in [0.717, 1.165) is 33.5 Å². The zero-order valence-corrected chi connectivity index (χ0v) is 22.0. The van der Waals surface area contributed by atoms with Crippen LogP contribution in [-0.4, -0.2) is 35.6 Å². The van der Waals surface area contributed by atoms with Gasteiger partial charge in [-0.05, 0) is 56.2 Å². The van der Waals surface area contributed by atoms with E-state index in [1.54, 1.807) is 18.2 Å². The van der Waals surface area contributed by atoms with Gasteiger partial charge in [0.25, 0.3) is 0 Å². The standard InChI is InChI=1S/C31H27NO5S/c1-31(2)26-13-7-8-14-27(26)32(17-9-10-18-38(34,35)36)29(31)16-15-24-20-25-19-22-11-5-3-4-6-12-23(22)21-28(25)37-30(24)33/h3-5,7-8,11,13-16,19-21H,9-10,17-18H2,1-2H3/b4-3-,5-3?,11-5-,16-15+,22-11?. The predicted octanol–water partition coefficient (Wildman–Crippen LogP) is 5.14. The number of hydrogen-bond acceptors (Lipinski definition) is 5. The van der Waals surface area contributed by atoms with Gasteiger partial charge in [0, 0.05) is 40.8 Å². The molecule has 0 atom stereocenters. The summed E-state index contributed by atoms with van der Waals surface area (Å²) in [4.78, 5) is 12.9. The average Bonchev–Trinajstić information content (AvgIpc) is 3.06. The van der Waals surface area contributed by atoms with Gasteiger partial charge >= 0.3 is 5.63 Å². The molecule has 0 saturated heterocycles. The fourth-order valence-corrected chi connectivity index (χ4v) is 5.60. The minimum absolute atomic E-state index is 0.287. The SMILES string of the molecule is CC1(C)C(/C=C/c2cc3cc4c(cc3oc2=O)C#C/C=C\C=C/4)=[N+](CCCCS(=O)(=O)[O-])c2ccccc21. The number of rotatable bonds is 7. The molecule has 0 unspecified atom stereocenters. The lowest BCUT2D eigenvalue weighted by Crippen LogP contribution is -2.28. The van der Waals surface area contributed by atoms with Gasteiger partial charge < -0.3 is 8.97 Å². The van der Waals surface area contributed by atoms with E-state index in [2.05, 4.69) is 36.3 Å². The van der Waals surface area contributed by atoms with E-state index in [9.17, 15) is 17.8 Å². The zero-order chi connectivity index (χ0) is 26.9. The Morgan fingerprint density at radius 2 is 1.89 bits per heavy atom. The van der Waals surface area contributed by atoms with Gasteiger partial charge in [0.2, 0.25) is 5.69 Å². The molecule has 0 amide bonds. The molecule has 0 spiro atoms. The maximum atomic E-state index is 12.9. The molecule has 7 heteroatoms. The van der Waals surface area contributed by atoms with E-state index in [4.69, 9.17) is 4.42 Å². The quantitative estimate of drug-likeness (QED) is 0.140. The van der Waals surface area contributed by atoms with Gasteiger partial charge in [0.05, 0.1) is 21.1 Å². The first kappa shape index (κ1) is 25.7. The molecule has 6 nitrogen and oxygen atoms in total. The molecule has 0 fully saturated rings. The number of allylic oxidation sites excluding steroid dienone is 4. The third-order valence-electron chi connectivity index (χ3n) is 6.95. The first-order chi connectivity index (χ1) is 18.1. The van der Waals surface area contributed by atoms with Crippen LogP contribution in [0.1, 0.15) is 48.9 Å². The van der Waals surface area contributed by atoms with E-state index < -0.39 is 15.7 Å². The van der Waals surface area contributed by atoms with Crippen molar-refractivity contribution in [1.82, 2.24) is 0 Å². The molecule has 2 aromatic carbocycles. The number of benzene rings is 2. The van der Waals surface area contributed by atoms with Crippen LogP contribution in [0.3, 0.4) is 0 Å². The summed E-state index contributed by atoms with van der Waals surface area (Å²) in [6, 6.07) is 13.7. The average molecular weight is 526 g/mol. The van der Waals surface area contributed by atoms with Gasteiger partial charge in [-0.25, -0.2) is 13.2 Å². The summed E-state index contributed by atoms with van der Waals surface area (Å²) in [7, 11) is -4.24. The van der Waals surface area contributed by atoms with Gasteiger partial charge in [-0.2, -0.15) is 4.58 Å². The Bertz CT molecular complexity index is 1790. The Balaban J connectivity index is 1.53. The highest BCUT2D eigenvalue weighted by Crippen LogP contribution is 2.40. The van der Waals surface area contributed by atoms with Crippen LogP contribution >= 0.6 is 0 Å². The first-order valence-corrected chi connectivity index (χ1v) is 14.0. The van der Waals surface area contributed by atoms with Gasteiger partial charge in [-0.1, -0.05) is 48.3 Å². The van der Waals surface area contributed by atoms with Crippen molar-refractivity contribution < 1.29 is 22.0 Å². The van der Waals surface area contributed by atoms with Crippen molar-refractivity contribution in [2.45, 2.75) is 32.1 Å². The Morgan fingerprint density at radius 3 is 2.71 bits per heavy atom. The summed E-state index contributed by atoms with van der Waals surface area (Å²) in [5.41, 5.74) is 5.02. The molecule has 0 N–H and O–H groups in total. The van der Waals surface area contributed by atoms with Crippen LogP contribution in [0.5, 0.6) is 0 Å². The van der Waals surface area contributed by atoms with Crippen molar-refractivity contribution in [3.63, 3.8) is 0 Å². The first-order valence-electron chi connectivity index (χ1n) is 12.5. The van der Waals surface area contributed by atoms with Gasteiger partial charge in [-0.3, -0.25) is 0 Å². The van der Waals surface area contributed by atoms with Crippen molar-refractivity contribution in [2.24, 2.45) is 0 Å². The number of nitrogens with zero attached hydrogens (tertiary/aromatic N) is 1. The highest BCUT2D eigenvalue weighted by atomic mass is 32.2. The van der Waals surface area contributed by atoms with Crippen LogP contribution in [0, 0.1) is 11.8 Å². The third-order valence-corrected chi connectivity index (χ3v) is 7.74. The van der Waals surface area contributed by atoms with Crippen LogP contribution in [0.25, 0.3) is 23.1 Å². The molecule has 0 radical (unpaired) electrons. The van der Waals surface area contributed by atoms with Gasteiger partial charge in [0.1, 0.15) is 12.1 Å². The number of hydrogen-bond donors (Lipinski definition) is 0. The molecule has 5 rings (SSSR count). The van der Waals surface area contributed by atoms with Crippen LogP contribution < -0.4 is 5.63 Å². The second-order valence-electron chi connectivity index (χ2n) is 9.94. The summed E-state index contributed by atoms with van der Waals surface area (Å²) >= 11 is 0. The second kappa shape index (κ2) is 10.1. The van der Waals surface area contributed by atoms with E-state index in [0.29, 0.717) is 24.1 Å². The molecule has 0 bridgehead atoms. The molecule has 38 heavy (non-hydrogen) atoms. The normalized spacial score (nSPS) is 17.4. The number of fused-ring (bicyclic) bond motifs is 3. The van der Waals surface area contributed by atoms with Gasteiger partial charge in [-0.15, -0.1) is 0 Å². The van der Waals surface area contributed by atoms with E-state index in [-0.39, 0.29) is 17.6 Å². The van der Waals surface area contributed by atoms with Gasteiger partial charge in [0.15, 0.2) is 5.71 Å². The summed E-state index contributed by atoms with van der Waals surface area (Å²) in [5.74, 6) is 5.67. The predicted molar refractivity (Wildman–Crippen MR) is 150 cm³/mol. The molecular weight excluding hydrogens is 498 g/mol. The highest BCUT2D eigenvalue weighted by molar-refractivity contribution is 7.85. The minimum Gasteiger partial charge on any atom is -0.748 e. The van der Waals surface area contributed by atoms with Crippen molar-refractivity contribution in [2.75, 3.05) is 12.3 Å². The van der Waals surface area contributed by atoms with Crippen LogP contribution in [0.4, 0.5) is 5.69 Å². The molecule has 1 aliphatic carbocycles. The molecule has 1 aromatic heterocycles. The van der Waals surface area contributed by atoms with Crippen LogP contribution in [0.2, 0.25) is 0 Å². The fraction of sp³-hybridized carbons (Fsp3) is 0.226. The van der Waals surface area contributed by atoms with Crippen LogP contribution in [0.15, 0.2) is 76.0 Å². The lowest BCUT2D eigenvalue weighted by atomic mass is 9.81. The maximum Gasteiger partial charge on any atom is 0.343 e. The Morgan fingerprint density at radius 1 is 1.08 bits per heavy atom. The summed E-state index contributed by atoms with van der Waals surface area (Å²) in [5, 5.41) is 0.800. The lowest BCUT2D eigenvalue weighted by Gasteiger charge is -2.15. The second-order valence-corrected chi connectivity index (χ2v) is 11.5. The van der Waals surface area contributed by atoms with E-state index in [1.165, 1.54) is 0 Å². The van der Waals surface area contributed by atoms with Crippen LogP contribution in [-0.2, 0) is 15.5 Å². The molecule has 3 aromatic rings. The van der Waals surface area contributed by atoms with Crippen molar-refractivity contribution in [3.8, 4) is 11.8 Å². The van der Waals surface area contributed by atoms with E-state index in [1.807, 2.05) is 54.6 Å². The molecule has 1 aliphatic heterocycles. The fourth-order valence-electron chi connectivity index (χ4n) is 5.04. The largest absolute Gasteiger partial charge is 0.748 e. The lowest BCUT2D eigenvalue weighted by molar-refractivity contribution is -0.438. The summed E-state index contributed by atoms with van der Waals surface area (Å²) in [6.45, 7) is 4.79. The van der Waals surface area contributed by atoms with Crippen molar-refractivity contribution in [1.29, 1.82) is 0 Å². The Labute approximate surface area is 222 Å². The van der Waals surface area contributed by atoms with Crippen molar-refractivity contribution >= 4 is 44.6 Å². The number of para-hydroxylation sites is 1. The molecular formula is C31H27NO5S. The maximum absolute atomic E-state index is 12.9.